The molecule has 0 aromatic heterocycles. The van der Waals surface area contributed by atoms with E-state index in [-0.39, 0.29) is 15.6 Å². The van der Waals surface area contributed by atoms with Crippen molar-refractivity contribution in [3.05, 3.63) is 28.7 Å². The molecule has 2 rings (SSSR count). The van der Waals surface area contributed by atoms with Gasteiger partial charge in [0.15, 0.2) is 11.5 Å². The molecule has 1 aromatic rings. The number of nitrogens with zero attached hydrogens (tertiary/aromatic N) is 1. The summed E-state index contributed by atoms with van der Waals surface area (Å²) >= 11 is 6.02. The van der Waals surface area contributed by atoms with Gasteiger partial charge >= 0.3 is 0 Å². The molecule has 0 N–H and O–H groups in total. The highest BCUT2D eigenvalue weighted by Crippen LogP contribution is 2.38. The minimum absolute atomic E-state index is 0.000612. The van der Waals surface area contributed by atoms with Crippen molar-refractivity contribution in [3.63, 3.8) is 0 Å². The van der Waals surface area contributed by atoms with Gasteiger partial charge in [0.1, 0.15) is 4.32 Å². The molecule has 144 valence electrons. The number of rotatable bonds is 8. The number of carboxylic acid groups (broad SMARTS) is 2. The lowest BCUT2D eigenvalue weighted by atomic mass is 10.1. The Hall–Kier alpha value is -2.59. The molecule has 1 atom stereocenters. The summed E-state index contributed by atoms with van der Waals surface area (Å²) in [6.45, 7) is 0. The van der Waals surface area contributed by atoms with Gasteiger partial charge in [-0.1, -0.05) is 36.1 Å². The summed E-state index contributed by atoms with van der Waals surface area (Å²) in [4.78, 5) is 35.8. The third-order valence-electron chi connectivity index (χ3n) is 3.75. The van der Waals surface area contributed by atoms with E-state index in [2.05, 4.69) is 0 Å². The van der Waals surface area contributed by atoms with E-state index in [0.717, 1.165) is 16.7 Å². The van der Waals surface area contributed by atoms with E-state index in [4.69, 9.17) is 21.7 Å². The predicted octanol–water partition coefficient (Wildman–Crippen LogP) is -0.446. The van der Waals surface area contributed by atoms with E-state index < -0.39 is 30.3 Å². The van der Waals surface area contributed by atoms with Crippen molar-refractivity contribution in [3.8, 4) is 11.5 Å². The average Bonchev–Trinajstić information content (AvgIpc) is 2.88. The molecule has 1 aliphatic heterocycles. The Bertz CT molecular complexity index is 821. The summed E-state index contributed by atoms with van der Waals surface area (Å²) in [5, 5.41) is 22.0. The summed E-state index contributed by atoms with van der Waals surface area (Å²) in [5.74, 6) is -2.81. The second-order valence-corrected chi connectivity index (χ2v) is 7.06. The smallest absolute Gasteiger partial charge is 0.266 e. The molecule has 8 nitrogen and oxygen atoms in total. The Morgan fingerprint density at radius 3 is 2.56 bits per heavy atom. The van der Waals surface area contributed by atoms with Crippen LogP contribution in [0.15, 0.2) is 23.1 Å². The number of methoxy groups -OCH3 is 2. The minimum atomic E-state index is -1.59. The van der Waals surface area contributed by atoms with Crippen LogP contribution in [0.1, 0.15) is 18.4 Å². The monoisotopic (exact) mass is 409 g/mol. The van der Waals surface area contributed by atoms with E-state index in [0.29, 0.717) is 17.1 Å². The van der Waals surface area contributed by atoms with Gasteiger partial charge in [0.2, 0.25) is 0 Å². The van der Waals surface area contributed by atoms with Crippen LogP contribution in [0.5, 0.6) is 11.5 Å². The Labute approximate surface area is 164 Å². The number of carbonyl (C=O) groups excluding carboxylic acids is 3. The van der Waals surface area contributed by atoms with Gasteiger partial charge in [-0.05, 0) is 25.0 Å². The van der Waals surface area contributed by atoms with Crippen molar-refractivity contribution in [1.29, 1.82) is 0 Å². The molecule has 0 spiro atoms. The Kier molecular flexibility index (Phi) is 6.81. The SMILES string of the molecule is COc1cccc(/C=C2/SC(=S)N([C@H](CCC(=O)[O-])C(=O)[O-])C2=O)c1OC. The Morgan fingerprint density at radius 2 is 2.00 bits per heavy atom. The predicted molar refractivity (Wildman–Crippen MR) is 97.6 cm³/mol. The number of carbonyl (C=O) groups is 3. The molecule has 0 unspecified atom stereocenters. The molecule has 1 aromatic carbocycles. The highest BCUT2D eigenvalue weighted by Gasteiger charge is 2.37. The number of aliphatic carboxylic acids is 2. The first-order valence-corrected chi connectivity index (χ1v) is 8.91. The molecule has 0 bridgehead atoms. The van der Waals surface area contributed by atoms with Crippen molar-refractivity contribution < 1.29 is 34.1 Å². The molecule has 0 aliphatic carbocycles. The van der Waals surface area contributed by atoms with Gasteiger partial charge in [-0.15, -0.1) is 0 Å². The number of hydrogen-bond donors (Lipinski definition) is 0. The lowest BCUT2D eigenvalue weighted by molar-refractivity contribution is -0.311. The molecule has 1 aliphatic rings. The minimum Gasteiger partial charge on any atom is -0.550 e. The summed E-state index contributed by atoms with van der Waals surface area (Å²) in [7, 11) is 2.93. The van der Waals surface area contributed by atoms with Crippen molar-refractivity contribution in [2.75, 3.05) is 14.2 Å². The fourth-order valence-corrected chi connectivity index (χ4v) is 3.87. The lowest BCUT2D eigenvalue weighted by Crippen LogP contribution is -2.50. The second-order valence-electron chi connectivity index (χ2n) is 5.38. The zero-order chi connectivity index (χ0) is 20.1. The summed E-state index contributed by atoms with van der Waals surface area (Å²) in [5.41, 5.74) is 0.539. The number of para-hydroxylation sites is 1. The normalized spacial score (nSPS) is 16.5. The first-order valence-electron chi connectivity index (χ1n) is 7.68. The quantitative estimate of drug-likeness (QED) is 0.415. The molecule has 1 heterocycles. The molecule has 27 heavy (non-hydrogen) atoms. The van der Waals surface area contributed by atoms with Crippen LogP contribution in [0.25, 0.3) is 6.08 Å². The Morgan fingerprint density at radius 1 is 1.30 bits per heavy atom. The van der Waals surface area contributed by atoms with Crippen molar-refractivity contribution in [2.45, 2.75) is 18.9 Å². The maximum absolute atomic E-state index is 12.7. The summed E-state index contributed by atoms with van der Waals surface area (Å²) in [6, 6.07) is 3.60. The molecule has 1 saturated heterocycles. The van der Waals surface area contributed by atoms with Crippen LogP contribution < -0.4 is 19.7 Å². The fourth-order valence-electron chi connectivity index (χ4n) is 2.52. The van der Waals surface area contributed by atoms with E-state index in [1.807, 2.05) is 0 Å². The van der Waals surface area contributed by atoms with Gasteiger partial charge in [0, 0.05) is 11.5 Å². The highest BCUT2D eigenvalue weighted by atomic mass is 32.2. The second kappa shape index (κ2) is 8.87. The van der Waals surface area contributed by atoms with Crippen LogP contribution in [-0.4, -0.2) is 47.3 Å². The Balaban J connectivity index is 2.36. The van der Waals surface area contributed by atoms with E-state index in [1.165, 1.54) is 20.3 Å². The number of benzene rings is 1. The van der Waals surface area contributed by atoms with Gasteiger partial charge in [-0.2, -0.15) is 0 Å². The van der Waals surface area contributed by atoms with Gasteiger partial charge in [0.25, 0.3) is 5.91 Å². The largest absolute Gasteiger partial charge is 0.550 e. The maximum Gasteiger partial charge on any atom is 0.266 e. The highest BCUT2D eigenvalue weighted by molar-refractivity contribution is 8.26. The van der Waals surface area contributed by atoms with Crippen LogP contribution in [-0.2, 0) is 14.4 Å². The van der Waals surface area contributed by atoms with Crippen molar-refractivity contribution >= 4 is 52.2 Å². The standard InChI is InChI=1S/C17H17NO7S2/c1-24-11-5-3-4-9(14(11)25-2)8-12-15(21)18(17(26)27-12)10(16(22)23)6-7-13(19)20/h3-5,8,10H,6-7H2,1-2H3,(H,19,20)(H,22,23)/p-2/b12-8+/t10-/m1/s1. The molecular weight excluding hydrogens is 394 g/mol. The lowest BCUT2D eigenvalue weighted by Gasteiger charge is -2.27. The molecule has 0 saturated carbocycles. The third kappa shape index (κ3) is 4.58. The van der Waals surface area contributed by atoms with Crippen LogP contribution >= 0.6 is 24.0 Å². The summed E-state index contributed by atoms with van der Waals surface area (Å²) < 4.78 is 10.5. The van der Waals surface area contributed by atoms with Gasteiger partial charge in [-0.25, -0.2) is 0 Å². The number of thioether (sulfide) groups is 1. The number of carboxylic acids is 2. The average molecular weight is 409 g/mol. The number of amides is 1. The van der Waals surface area contributed by atoms with Crippen LogP contribution in [0.2, 0.25) is 0 Å². The van der Waals surface area contributed by atoms with Gasteiger partial charge in [-0.3, -0.25) is 9.69 Å². The number of ether oxygens (including phenoxy) is 2. The molecule has 0 radical (unpaired) electrons. The van der Waals surface area contributed by atoms with Crippen molar-refractivity contribution in [1.82, 2.24) is 4.90 Å². The summed E-state index contributed by atoms with van der Waals surface area (Å²) in [6.07, 6.45) is 0.594. The van der Waals surface area contributed by atoms with Gasteiger partial charge < -0.3 is 29.3 Å². The molecule has 10 heteroatoms. The van der Waals surface area contributed by atoms with E-state index >= 15 is 0 Å². The molecule has 1 amide bonds. The first-order chi connectivity index (χ1) is 12.8. The maximum atomic E-state index is 12.7. The van der Waals surface area contributed by atoms with Crippen molar-refractivity contribution in [2.24, 2.45) is 0 Å². The number of thiocarbonyl (C=S) groups is 1. The van der Waals surface area contributed by atoms with Crippen LogP contribution in [0.3, 0.4) is 0 Å². The number of hydrogen-bond acceptors (Lipinski definition) is 9. The third-order valence-corrected chi connectivity index (χ3v) is 5.08. The topological polar surface area (TPSA) is 119 Å². The fraction of sp³-hybridized carbons (Fsp3) is 0.294. The van der Waals surface area contributed by atoms with E-state index in [1.54, 1.807) is 18.2 Å². The zero-order valence-electron chi connectivity index (χ0n) is 14.4. The first kappa shape index (κ1) is 20.7. The van der Waals surface area contributed by atoms with E-state index in [9.17, 15) is 24.6 Å². The van der Waals surface area contributed by atoms with Crippen LogP contribution in [0, 0.1) is 0 Å². The zero-order valence-corrected chi connectivity index (χ0v) is 16.1. The van der Waals surface area contributed by atoms with Gasteiger partial charge in [0.05, 0.1) is 31.1 Å². The molecular formula is C17H15NO7S2-2. The van der Waals surface area contributed by atoms with Crippen LogP contribution in [0.4, 0.5) is 0 Å². The molecule has 1 fully saturated rings.